The summed E-state index contributed by atoms with van der Waals surface area (Å²) in [6, 6.07) is 0. The largest absolute Gasteiger partial charge is 0.393 e. The molecule has 1 heterocycles. The van der Waals surface area contributed by atoms with Gasteiger partial charge in [0.05, 0.1) is 16.8 Å². The van der Waals surface area contributed by atoms with Gasteiger partial charge in [0.15, 0.2) is 0 Å². The lowest BCUT2D eigenvalue weighted by Crippen LogP contribution is -2.17. The topological polar surface area (TPSA) is 33.1 Å². The van der Waals surface area contributed by atoms with E-state index in [1.165, 1.54) is 10.7 Å². The van der Waals surface area contributed by atoms with E-state index in [1.807, 2.05) is 0 Å². The Balaban J connectivity index is 2.08. The van der Waals surface area contributed by atoms with E-state index in [-0.39, 0.29) is 11.5 Å². The smallest absolute Gasteiger partial charge is 0.0981 e. The average Bonchev–Trinajstić information content (AvgIpc) is 2.67. The molecule has 2 rings (SSSR count). The first-order valence-corrected chi connectivity index (χ1v) is 6.99. The van der Waals surface area contributed by atoms with Crippen LogP contribution in [0.15, 0.2) is 5.38 Å². The molecule has 2 nitrogen and oxygen atoms in total. The monoisotopic (exact) mass is 239 g/mol. The van der Waals surface area contributed by atoms with Crippen molar-refractivity contribution in [3.05, 3.63) is 16.1 Å². The van der Waals surface area contributed by atoms with Crippen molar-refractivity contribution in [2.24, 2.45) is 0 Å². The van der Waals surface area contributed by atoms with E-state index in [1.54, 1.807) is 11.3 Å². The molecule has 0 unspecified atom stereocenters. The van der Waals surface area contributed by atoms with Gasteiger partial charge < -0.3 is 5.11 Å². The van der Waals surface area contributed by atoms with Crippen LogP contribution in [-0.4, -0.2) is 16.2 Å². The molecule has 90 valence electrons. The number of aromatic nitrogens is 1. The third-order valence-corrected chi connectivity index (χ3v) is 4.56. The van der Waals surface area contributed by atoms with E-state index in [0.717, 1.165) is 25.7 Å². The molecule has 1 aliphatic rings. The SMILES string of the molecule is CC(C)(C)c1nc(C2CCC(O)CC2)cs1. The van der Waals surface area contributed by atoms with Gasteiger partial charge in [-0.2, -0.15) is 0 Å². The minimum absolute atomic E-state index is 0.0722. The predicted octanol–water partition coefficient (Wildman–Crippen LogP) is 3.46. The Kier molecular flexibility index (Phi) is 3.36. The second-order valence-electron chi connectivity index (χ2n) is 5.83. The summed E-state index contributed by atoms with van der Waals surface area (Å²) in [6.07, 6.45) is 3.99. The summed E-state index contributed by atoms with van der Waals surface area (Å²) in [5, 5.41) is 12.9. The van der Waals surface area contributed by atoms with Gasteiger partial charge in [0.25, 0.3) is 0 Å². The van der Waals surface area contributed by atoms with Gasteiger partial charge in [0.2, 0.25) is 0 Å². The van der Waals surface area contributed by atoms with Gasteiger partial charge in [-0.1, -0.05) is 20.8 Å². The van der Waals surface area contributed by atoms with Crippen molar-refractivity contribution in [1.82, 2.24) is 4.98 Å². The number of rotatable bonds is 1. The molecule has 1 aliphatic carbocycles. The summed E-state index contributed by atoms with van der Waals surface area (Å²) in [4.78, 5) is 4.77. The molecule has 0 bridgehead atoms. The number of thiazole rings is 1. The highest BCUT2D eigenvalue weighted by molar-refractivity contribution is 7.09. The lowest BCUT2D eigenvalue weighted by atomic mass is 9.86. The van der Waals surface area contributed by atoms with Crippen molar-refractivity contribution < 1.29 is 5.11 Å². The predicted molar refractivity (Wildman–Crippen MR) is 68.0 cm³/mol. The van der Waals surface area contributed by atoms with Crippen LogP contribution >= 0.6 is 11.3 Å². The van der Waals surface area contributed by atoms with Crippen LogP contribution < -0.4 is 0 Å². The van der Waals surface area contributed by atoms with Crippen molar-refractivity contribution in [3.8, 4) is 0 Å². The molecular formula is C13H21NOS. The van der Waals surface area contributed by atoms with Gasteiger partial charge in [-0.3, -0.25) is 0 Å². The molecule has 0 aromatic carbocycles. The minimum atomic E-state index is -0.0722. The van der Waals surface area contributed by atoms with E-state index in [9.17, 15) is 5.11 Å². The van der Waals surface area contributed by atoms with Crippen LogP contribution in [0.5, 0.6) is 0 Å². The van der Waals surface area contributed by atoms with Crippen molar-refractivity contribution in [3.63, 3.8) is 0 Å². The first-order valence-electron chi connectivity index (χ1n) is 6.11. The fraction of sp³-hybridized carbons (Fsp3) is 0.769. The highest BCUT2D eigenvalue weighted by Crippen LogP contribution is 2.35. The highest BCUT2D eigenvalue weighted by Gasteiger charge is 2.25. The Morgan fingerprint density at radius 3 is 2.38 bits per heavy atom. The molecule has 1 fully saturated rings. The average molecular weight is 239 g/mol. The Bertz CT molecular complexity index is 345. The van der Waals surface area contributed by atoms with Crippen LogP contribution in [0.25, 0.3) is 0 Å². The lowest BCUT2D eigenvalue weighted by Gasteiger charge is -2.24. The zero-order chi connectivity index (χ0) is 11.8. The van der Waals surface area contributed by atoms with Crippen molar-refractivity contribution in [2.75, 3.05) is 0 Å². The number of aliphatic hydroxyl groups is 1. The number of hydrogen-bond donors (Lipinski definition) is 1. The Morgan fingerprint density at radius 2 is 1.88 bits per heavy atom. The fourth-order valence-corrected chi connectivity index (χ4v) is 3.18. The molecule has 16 heavy (non-hydrogen) atoms. The minimum Gasteiger partial charge on any atom is -0.393 e. The second kappa shape index (κ2) is 4.46. The molecular weight excluding hydrogens is 218 g/mol. The molecule has 0 spiro atoms. The summed E-state index contributed by atoms with van der Waals surface area (Å²) in [6.45, 7) is 6.63. The van der Waals surface area contributed by atoms with Crippen molar-refractivity contribution >= 4 is 11.3 Å². The van der Waals surface area contributed by atoms with E-state index >= 15 is 0 Å². The standard InChI is InChI=1S/C13H21NOS/c1-13(2,3)12-14-11(8-16-12)9-4-6-10(15)7-5-9/h8-10,15H,4-7H2,1-3H3. The molecule has 0 amide bonds. The molecule has 1 aromatic heterocycles. The van der Waals surface area contributed by atoms with Crippen LogP contribution in [0.4, 0.5) is 0 Å². The maximum absolute atomic E-state index is 9.49. The third-order valence-electron chi connectivity index (χ3n) is 3.28. The summed E-state index contributed by atoms with van der Waals surface area (Å²) < 4.78 is 0. The maximum atomic E-state index is 9.49. The summed E-state index contributed by atoms with van der Waals surface area (Å²) in [7, 11) is 0. The number of aliphatic hydroxyl groups excluding tert-OH is 1. The molecule has 0 atom stereocenters. The van der Waals surface area contributed by atoms with E-state index in [4.69, 9.17) is 4.98 Å². The van der Waals surface area contributed by atoms with Gasteiger partial charge in [0, 0.05) is 16.7 Å². The normalized spacial score (nSPS) is 27.0. The van der Waals surface area contributed by atoms with E-state index < -0.39 is 0 Å². The Labute approximate surface area is 102 Å². The Hall–Kier alpha value is -0.410. The maximum Gasteiger partial charge on any atom is 0.0981 e. The van der Waals surface area contributed by atoms with Crippen LogP contribution in [0.3, 0.4) is 0 Å². The van der Waals surface area contributed by atoms with Gasteiger partial charge >= 0.3 is 0 Å². The molecule has 3 heteroatoms. The van der Waals surface area contributed by atoms with Crippen LogP contribution in [0, 0.1) is 0 Å². The van der Waals surface area contributed by atoms with Crippen LogP contribution in [0.2, 0.25) is 0 Å². The van der Waals surface area contributed by atoms with Crippen molar-refractivity contribution in [1.29, 1.82) is 0 Å². The first-order chi connectivity index (χ1) is 7.47. The van der Waals surface area contributed by atoms with Crippen LogP contribution in [-0.2, 0) is 5.41 Å². The second-order valence-corrected chi connectivity index (χ2v) is 6.69. The summed E-state index contributed by atoms with van der Waals surface area (Å²) in [5.41, 5.74) is 1.42. The summed E-state index contributed by atoms with van der Waals surface area (Å²) >= 11 is 1.78. The highest BCUT2D eigenvalue weighted by atomic mass is 32.1. The van der Waals surface area contributed by atoms with Gasteiger partial charge in [0.1, 0.15) is 0 Å². The molecule has 1 aromatic rings. The molecule has 0 aliphatic heterocycles. The summed E-state index contributed by atoms with van der Waals surface area (Å²) in [5.74, 6) is 0.579. The lowest BCUT2D eigenvalue weighted by molar-refractivity contribution is 0.122. The van der Waals surface area contributed by atoms with Gasteiger partial charge in [-0.05, 0) is 25.7 Å². The zero-order valence-corrected chi connectivity index (χ0v) is 11.2. The number of hydrogen-bond acceptors (Lipinski definition) is 3. The van der Waals surface area contributed by atoms with E-state index in [0.29, 0.717) is 5.92 Å². The molecule has 0 saturated heterocycles. The molecule has 1 N–H and O–H groups in total. The van der Waals surface area contributed by atoms with Gasteiger partial charge in [-0.25, -0.2) is 4.98 Å². The van der Waals surface area contributed by atoms with Crippen LogP contribution in [0.1, 0.15) is 63.1 Å². The molecule has 0 radical (unpaired) electrons. The Morgan fingerprint density at radius 1 is 1.25 bits per heavy atom. The quantitative estimate of drug-likeness (QED) is 0.814. The third kappa shape index (κ3) is 2.64. The first kappa shape index (κ1) is 12.1. The zero-order valence-electron chi connectivity index (χ0n) is 10.4. The molecule has 1 saturated carbocycles. The van der Waals surface area contributed by atoms with E-state index in [2.05, 4.69) is 26.2 Å². The number of nitrogens with zero attached hydrogens (tertiary/aromatic N) is 1. The van der Waals surface area contributed by atoms with Gasteiger partial charge in [-0.15, -0.1) is 11.3 Å². The van der Waals surface area contributed by atoms with Crippen molar-refractivity contribution in [2.45, 2.75) is 63.9 Å². The fourth-order valence-electron chi connectivity index (χ4n) is 2.19.